The van der Waals surface area contributed by atoms with Crippen molar-refractivity contribution in [3.63, 3.8) is 0 Å². The molecule has 5 nitrogen and oxygen atoms in total. The molecule has 16 heavy (non-hydrogen) atoms. The van der Waals surface area contributed by atoms with Gasteiger partial charge in [0.25, 0.3) is 0 Å². The Hall–Kier alpha value is -1.10. The van der Waals surface area contributed by atoms with Crippen LogP contribution >= 0.6 is 0 Å². The van der Waals surface area contributed by atoms with Crippen LogP contribution in [0, 0.1) is 11.8 Å². The number of hydrogen-bond donors (Lipinski definition) is 3. The third-order valence-corrected chi connectivity index (χ3v) is 3.18. The molecule has 92 valence electrons. The maximum absolute atomic E-state index is 11.7. The molecule has 0 saturated heterocycles. The van der Waals surface area contributed by atoms with E-state index in [0.29, 0.717) is 5.92 Å². The predicted molar refractivity (Wildman–Crippen MR) is 59.3 cm³/mol. The van der Waals surface area contributed by atoms with E-state index in [1.54, 1.807) is 0 Å². The zero-order valence-corrected chi connectivity index (χ0v) is 9.61. The molecule has 0 radical (unpaired) electrons. The number of aliphatic hydroxyl groups excluding tert-OH is 1. The summed E-state index contributed by atoms with van der Waals surface area (Å²) in [5, 5.41) is 11.7. The number of aliphatic hydroxyl groups is 1. The summed E-state index contributed by atoms with van der Waals surface area (Å²) in [5.74, 6) is -0.165. The van der Waals surface area contributed by atoms with Gasteiger partial charge in [0, 0.05) is 5.92 Å². The van der Waals surface area contributed by atoms with Crippen LogP contribution in [0.4, 0.5) is 0 Å². The van der Waals surface area contributed by atoms with Crippen molar-refractivity contribution in [1.29, 1.82) is 0 Å². The highest BCUT2D eigenvalue weighted by Gasteiger charge is 2.24. The van der Waals surface area contributed by atoms with Gasteiger partial charge in [-0.3, -0.25) is 9.59 Å². The molecule has 1 aliphatic carbocycles. The molecule has 1 aliphatic rings. The fraction of sp³-hybridized carbons (Fsp3) is 0.818. The van der Waals surface area contributed by atoms with E-state index in [-0.39, 0.29) is 18.4 Å². The van der Waals surface area contributed by atoms with Crippen molar-refractivity contribution in [2.45, 2.75) is 38.7 Å². The van der Waals surface area contributed by atoms with E-state index < -0.39 is 12.0 Å². The van der Waals surface area contributed by atoms with Gasteiger partial charge >= 0.3 is 0 Å². The topological polar surface area (TPSA) is 92.4 Å². The van der Waals surface area contributed by atoms with Gasteiger partial charge in [-0.1, -0.05) is 6.92 Å². The standard InChI is InChI=1S/C11H20N2O3/c1-7-2-4-8(5-3-7)11(16)13-6-9(14)10(12)15/h7-9,14H,2-6H2,1H3,(H2,12,15)(H,13,16). The Morgan fingerprint density at radius 3 is 2.44 bits per heavy atom. The third kappa shape index (κ3) is 3.81. The summed E-state index contributed by atoms with van der Waals surface area (Å²) in [6.45, 7) is 2.10. The minimum absolute atomic E-state index is 0.0243. The average molecular weight is 228 g/mol. The average Bonchev–Trinajstić information content (AvgIpc) is 2.26. The van der Waals surface area contributed by atoms with Crippen molar-refractivity contribution in [3.05, 3.63) is 0 Å². The molecule has 0 bridgehead atoms. The van der Waals surface area contributed by atoms with Crippen molar-refractivity contribution in [2.75, 3.05) is 6.54 Å². The first-order valence-electron chi connectivity index (χ1n) is 5.75. The summed E-state index contributed by atoms with van der Waals surface area (Å²) in [6.07, 6.45) is 2.62. The largest absolute Gasteiger partial charge is 0.381 e. The van der Waals surface area contributed by atoms with Gasteiger partial charge < -0.3 is 16.2 Å². The monoisotopic (exact) mass is 228 g/mol. The molecule has 5 heteroatoms. The number of rotatable bonds is 4. The van der Waals surface area contributed by atoms with E-state index in [1.165, 1.54) is 0 Å². The molecule has 0 spiro atoms. The maximum Gasteiger partial charge on any atom is 0.248 e. The second-order valence-corrected chi connectivity index (χ2v) is 4.62. The molecule has 4 N–H and O–H groups in total. The first kappa shape index (κ1) is 13.0. The highest BCUT2D eigenvalue weighted by Crippen LogP contribution is 2.28. The highest BCUT2D eigenvalue weighted by molar-refractivity contribution is 5.82. The van der Waals surface area contributed by atoms with E-state index in [4.69, 9.17) is 10.8 Å². The van der Waals surface area contributed by atoms with Crippen LogP contribution in [0.5, 0.6) is 0 Å². The zero-order valence-electron chi connectivity index (χ0n) is 9.61. The summed E-state index contributed by atoms with van der Waals surface area (Å²) < 4.78 is 0. The lowest BCUT2D eigenvalue weighted by Crippen LogP contribution is -2.42. The number of carbonyl (C=O) groups excluding carboxylic acids is 2. The number of nitrogens with two attached hydrogens (primary N) is 1. The predicted octanol–water partition coefficient (Wildman–Crippen LogP) is -0.225. The molecule has 1 rings (SSSR count). The van der Waals surface area contributed by atoms with Crippen LogP contribution in [-0.2, 0) is 9.59 Å². The maximum atomic E-state index is 11.7. The van der Waals surface area contributed by atoms with Gasteiger partial charge in [0.2, 0.25) is 11.8 Å². The minimum atomic E-state index is -1.29. The van der Waals surface area contributed by atoms with Crippen LogP contribution < -0.4 is 11.1 Å². The summed E-state index contributed by atoms with van der Waals surface area (Å²) in [7, 11) is 0. The number of hydrogen-bond acceptors (Lipinski definition) is 3. The third-order valence-electron chi connectivity index (χ3n) is 3.18. The molecule has 0 aliphatic heterocycles. The molecule has 1 saturated carbocycles. The fourth-order valence-corrected chi connectivity index (χ4v) is 1.96. The SMILES string of the molecule is CC1CCC(C(=O)NCC(O)C(N)=O)CC1. The Kier molecular flexibility index (Phi) is 4.73. The number of primary amides is 1. The van der Waals surface area contributed by atoms with Crippen molar-refractivity contribution in [1.82, 2.24) is 5.32 Å². The molecule has 0 aromatic heterocycles. The number of nitrogens with one attached hydrogen (secondary N) is 1. The van der Waals surface area contributed by atoms with Crippen molar-refractivity contribution in [2.24, 2.45) is 17.6 Å². The van der Waals surface area contributed by atoms with Crippen LogP contribution in [-0.4, -0.2) is 29.6 Å². The second-order valence-electron chi connectivity index (χ2n) is 4.62. The minimum Gasteiger partial charge on any atom is -0.381 e. The number of carbonyl (C=O) groups is 2. The van der Waals surface area contributed by atoms with Crippen LogP contribution in [0.1, 0.15) is 32.6 Å². The molecular formula is C11H20N2O3. The second kappa shape index (κ2) is 5.84. The first-order chi connectivity index (χ1) is 7.50. The van der Waals surface area contributed by atoms with Crippen LogP contribution in [0.25, 0.3) is 0 Å². The zero-order chi connectivity index (χ0) is 12.1. The van der Waals surface area contributed by atoms with E-state index >= 15 is 0 Å². The molecule has 2 amide bonds. The Labute approximate surface area is 95.4 Å². The summed E-state index contributed by atoms with van der Waals surface area (Å²) in [5.41, 5.74) is 4.88. The summed E-state index contributed by atoms with van der Waals surface area (Å²) in [4.78, 5) is 22.2. The Bertz CT molecular complexity index is 260. The molecule has 0 heterocycles. The lowest BCUT2D eigenvalue weighted by molar-refractivity contribution is -0.129. The van der Waals surface area contributed by atoms with E-state index in [1.807, 2.05) is 0 Å². The lowest BCUT2D eigenvalue weighted by atomic mass is 9.82. The molecule has 0 aromatic carbocycles. The number of amides is 2. The van der Waals surface area contributed by atoms with Crippen LogP contribution in [0.3, 0.4) is 0 Å². The molecule has 0 aromatic rings. The van der Waals surface area contributed by atoms with Crippen LogP contribution in [0.15, 0.2) is 0 Å². The van der Waals surface area contributed by atoms with E-state index in [0.717, 1.165) is 25.7 Å². The lowest BCUT2D eigenvalue weighted by Gasteiger charge is -2.25. The van der Waals surface area contributed by atoms with Gasteiger partial charge in [-0.15, -0.1) is 0 Å². The van der Waals surface area contributed by atoms with Gasteiger partial charge in [-0.2, -0.15) is 0 Å². The van der Waals surface area contributed by atoms with E-state index in [9.17, 15) is 9.59 Å². The van der Waals surface area contributed by atoms with Crippen molar-refractivity contribution < 1.29 is 14.7 Å². The highest BCUT2D eigenvalue weighted by atomic mass is 16.3. The van der Waals surface area contributed by atoms with Crippen LogP contribution in [0.2, 0.25) is 0 Å². The van der Waals surface area contributed by atoms with Crippen molar-refractivity contribution >= 4 is 11.8 Å². The first-order valence-corrected chi connectivity index (χ1v) is 5.75. The Balaban J connectivity index is 2.27. The van der Waals surface area contributed by atoms with Crippen molar-refractivity contribution in [3.8, 4) is 0 Å². The molecular weight excluding hydrogens is 208 g/mol. The van der Waals surface area contributed by atoms with Gasteiger partial charge in [0.15, 0.2) is 0 Å². The van der Waals surface area contributed by atoms with E-state index in [2.05, 4.69) is 12.2 Å². The smallest absolute Gasteiger partial charge is 0.248 e. The summed E-state index contributed by atoms with van der Waals surface area (Å²) >= 11 is 0. The Morgan fingerprint density at radius 1 is 1.38 bits per heavy atom. The van der Waals surface area contributed by atoms with Gasteiger partial charge in [0.05, 0.1) is 6.54 Å². The normalized spacial score (nSPS) is 27.1. The quantitative estimate of drug-likeness (QED) is 0.621. The Morgan fingerprint density at radius 2 is 1.94 bits per heavy atom. The molecule has 1 atom stereocenters. The fourth-order valence-electron chi connectivity index (χ4n) is 1.96. The molecule has 1 fully saturated rings. The summed E-state index contributed by atoms with van der Waals surface area (Å²) in [6, 6.07) is 0. The van der Waals surface area contributed by atoms with Gasteiger partial charge in [-0.25, -0.2) is 0 Å². The van der Waals surface area contributed by atoms with Gasteiger partial charge in [-0.05, 0) is 31.6 Å². The van der Waals surface area contributed by atoms with Gasteiger partial charge in [0.1, 0.15) is 6.10 Å². The molecule has 1 unspecified atom stereocenters.